The first-order chi connectivity index (χ1) is 7.72. The van der Waals surface area contributed by atoms with Crippen LogP contribution in [0.1, 0.15) is 39.0 Å². The van der Waals surface area contributed by atoms with E-state index >= 15 is 0 Å². The zero-order chi connectivity index (χ0) is 11.8. The highest BCUT2D eigenvalue weighted by Crippen LogP contribution is 2.08. The Bertz CT molecular complexity index is 234. The highest BCUT2D eigenvalue weighted by molar-refractivity contribution is 5.84. The normalized spacial score (nSPS) is 17.1. The monoisotopic (exact) mass is 227 g/mol. The molecule has 1 saturated heterocycles. The number of ketones is 1. The molecule has 92 valence electrons. The molecule has 1 rings (SSSR count). The van der Waals surface area contributed by atoms with E-state index in [-0.39, 0.29) is 18.2 Å². The number of hydrogen-bond acceptors (Lipinski definition) is 4. The summed E-state index contributed by atoms with van der Waals surface area (Å²) in [4.78, 5) is 24.8. The van der Waals surface area contributed by atoms with Crippen LogP contribution in [0.15, 0.2) is 0 Å². The first-order valence-corrected chi connectivity index (χ1v) is 6.12. The molecule has 0 saturated carbocycles. The summed E-state index contributed by atoms with van der Waals surface area (Å²) in [5.74, 6) is -0.121. The van der Waals surface area contributed by atoms with Gasteiger partial charge < -0.3 is 4.74 Å². The van der Waals surface area contributed by atoms with E-state index in [1.807, 2.05) is 0 Å². The number of likely N-dealkylation sites (tertiary alicyclic amines) is 1. The molecular formula is C12H21NO3. The van der Waals surface area contributed by atoms with Crippen LogP contribution in [0.25, 0.3) is 0 Å². The minimum absolute atomic E-state index is 0.148. The highest BCUT2D eigenvalue weighted by atomic mass is 16.5. The van der Waals surface area contributed by atoms with Gasteiger partial charge in [-0.1, -0.05) is 6.42 Å². The SMILES string of the molecule is CCOC(=O)CCC(=O)CN1CCCCC1. The third kappa shape index (κ3) is 5.26. The summed E-state index contributed by atoms with van der Waals surface area (Å²) in [7, 11) is 0. The van der Waals surface area contributed by atoms with Crippen LogP contribution in [0, 0.1) is 0 Å². The fourth-order valence-corrected chi connectivity index (χ4v) is 1.92. The maximum atomic E-state index is 11.6. The summed E-state index contributed by atoms with van der Waals surface area (Å²) in [5.41, 5.74) is 0. The number of Topliss-reactive ketones (excluding diaryl/α,β-unsaturated/α-hetero) is 1. The van der Waals surface area contributed by atoms with Crippen molar-refractivity contribution in [2.45, 2.75) is 39.0 Å². The van der Waals surface area contributed by atoms with Crippen molar-refractivity contribution in [3.8, 4) is 0 Å². The standard InChI is InChI=1S/C12H21NO3/c1-2-16-12(15)7-6-11(14)10-13-8-4-3-5-9-13/h2-10H2,1H3. The smallest absolute Gasteiger partial charge is 0.306 e. The topological polar surface area (TPSA) is 46.6 Å². The molecule has 0 unspecified atom stereocenters. The highest BCUT2D eigenvalue weighted by Gasteiger charge is 2.14. The average Bonchev–Trinajstić information content (AvgIpc) is 2.28. The maximum absolute atomic E-state index is 11.6. The van der Waals surface area contributed by atoms with Crippen LogP contribution >= 0.6 is 0 Å². The number of ether oxygens (including phenoxy) is 1. The third-order valence-corrected chi connectivity index (χ3v) is 2.76. The molecule has 16 heavy (non-hydrogen) atoms. The quantitative estimate of drug-likeness (QED) is 0.643. The molecule has 1 aliphatic rings. The van der Waals surface area contributed by atoms with Gasteiger partial charge in [-0.2, -0.15) is 0 Å². The lowest BCUT2D eigenvalue weighted by atomic mass is 10.1. The number of hydrogen-bond donors (Lipinski definition) is 0. The summed E-state index contributed by atoms with van der Waals surface area (Å²) >= 11 is 0. The van der Waals surface area contributed by atoms with E-state index in [4.69, 9.17) is 4.74 Å². The number of rotatable bonds is 6. The summed E-state index contributed by atoms with van der Waals surface area (Å²) in [5, 5.41) is 0. The zero-order valence-electron chi connectivity index (χ0n) is 10.0. The lowest BCUT2D eigenvalue weighted by Crippen LogP contribution is -2.34. The predicted molar refractivity (Wildman–Crippen MR) is 61.2 cm³/mol. The molecule has 1 fully saturated rings. The Morgan fingerprint density at radius 3 is 2.44 bits per heavy atom. The first-order valence-electron chi connectivity index (χ1n) is 6.12. The largest absolute Gasteiger partial charge is 0.466 e. The lowest BCUT2D eigenvalue weighted by molar-refractivity contribution is -0.144. The Labute approximate surface area is 96.9 Å². The molecule has 4 nitrogen and oxygen atoms in total. The summed E-state index contributed by atoms with van der Waals surface area (Å²) < 4.78 is 4.78. The third-order valence-electron chi connectivity index (χ3n) is 2.76. The number of piperidine rings is 1. The maximum Gasteiger partial charge on any atom is 0.306 e. The van der Waals surface area contributed by atoms with Crippen molar-refractivity contribution in [2.24, 2.45) is 0 Å². The minimum atomic E-state index is -0.269. The fraction of sp³-hybridized carbons (Fsp3) is 0.833. The number of esters is 1. The van der Waals surface area contributed by atoms with Crippen LogP contribution in [-0.4, -0.2) is 42.9 Å². The molecule has 0 amide bonds. The van der Waals surface area contributed by atoms with Crippen LogP contribution in [0.3, 0.4) is 0 Å². The van der Waals surface area contributed by atoms with Crippen molar-refractivity contribution in [3.63, 3.8) is 0 Å². The Morgan fingerprint density at radius 2 is 1.81 bits per heavy atom. The minimum Gasteiger partial charge on any atom is -0.466 e. The molecule has 0 atom stereocenters. The number of carbonyl (C=O) groups is 2. The molecule has 0 aromatic rings. The van der Waals surface area contributed by atoms with E-state index in [2.05, 4.69) is 4.90 Å². The Kier molecular flexibility index (Phi) is 6.08. The summed E-state index contributed by atoms with van der Waals surface area (Å²) in [6.07, 6.45) is 4.18. The van der Waals surface area contributed by atoms with E-state index in [1.165, 1.54) is 19.3 Å². The van der Waals surface area contributed by atoms with E-state index in [0.717, 1.165) is 13.1 Å². The van der Waals surface area contributed by atoms with Crippen molar-refractivity contribution in [1.29, 1.82) is 0 Å². The molecule has 1 heterocycles. The van der Waals surface area contributed by atoms with Crippen LogP contribution in [0.5, 0.6) is 0 Å². The Hall–Kier alpha value is -0.900. The molecule has 1 aliphatic heterocycles. The van der Waals surface area contributed by atoms with Gasteiger partial charge in [0.25, 0.3) is 0 Å². The van der Waals surface area contributed by atoms with Crippen LogP contribution in [0.2, 0.25) is 0 Å². The van der Waals surface area contributed by atoms with E-state index in [0.29, 0.717) is 19.6 Å². The summed E-state index contributed by atoms with van der Waals surface area (Å²) in [6, 6.07) is 0. The number of nitrogens with zero attached hydrogens (tertiary/aromatic N) is 1. The second-order valence-electron chi connectivity index (χ2n) is 4.18. The van der Waals surface area contributed by atoms with Gasteiger partial charge in [0.1, 0.15) is 5.78 Å². The number of carbonyl (C=O) groups excluding carboxylic acids is 2. The first kappa shape index (κ1) is 13.2. The van der Waals surface area contributed by atoms with Gasteiger partial charge in [0.15, 0.2) is 0 Å². The van der Waals surface area contributed by atoms with Gasteiger partial charge >= 0.3 is 5.97 Å². The van der Waals surface area contributed by atoms with Gasteiger partial charge in [0.05, 0.1) is 19.6 Å². The summed E-state index contributed by atoms with van der Waals surface area (Å²) in [6.45, 7) is 4.70. The molecule has 0 aromatic heterocycles. The van der Waals surface area contributed by atoms with Gasteiger partial charge in [0.2, 0.25) is 0 Å². The second kappa shape index (κ2) is 7.39. The van der Waals surface area contributed by atoms with Crippen molar-refractivity contribution < 1.29 is 14.3 Å². The predicted octanol–water partition coefficient (Wildman–Crippen LogP) is 1.38. The molecule has 4 heteroatoms. The fourth-order valence-electron chi connectivity index (χ4n) is 1.92. The lowest BCUT2D eigenvalue weighted by Gasteiger charge is -2.25. The average molecular weight is 227 g/mol. The van der Waals surface area contributed by atoms with Gasteiger partial charge in [-0.15, -0.1) is 0 Å². The Morgan fingerprint density at radius 1 is 1.12 bits per heavy atom. The van der Waals surface area contributed by atoms with Crippen molar-refractivity contribution >= 4 is 11.8 Å². The van der Waals surface area contributed by atoms with Gasteiger partial charge in [-0.3, -0.25) is 14.5 Å². The molecule has 0 bridgehead atoms. The Balaban J connectivity index is 2.12. The molecule has 0 aliphatic carbocycles. The van der Waals surface area contributed by atoms with Gasteiger partial charge in [-0.25, -0.2) is 0 Å². The zero-order valence-corrected chi connectivity index (χ0v) is 10.0. The van der Waals surface area contributed by atoms with Crippen LogP contribution < -0.4 is 0 Å². The molecule has 0 aromatic carbocycles. The molecular weight excluding hydrogens is 206 g/mol. The van der Waals surface area contributed by atoms with Crippen LogP contribution in [-0.2, 0) is 14.3 Å². The van der Waals surface area contributed by atoms with Crippen molar-refractivity contribution in [1.82, 2.24) is 4.90 Å². The van der Waals surface area contributed by atoms with Crippen molar-refractivity contribution in [2.75, 3.05) is 26.2 Å². The van der Waals surface area contributed by atoms with Gasteiger partial charge in [-0.05, 0) is 32.9 Å². The van der Waals surface area contributed by atoms with E-state index in [1.54, 1.807) is 6.92 Å². The van der Waals surface area contributed by atoms with E-state index < -0.39 is 0 Å². The van der Waals surface area contributed by atoms with E-state index in [9.17, 15) is 9.59 Å². The molecule has 0 N–H and O–H groups in total. The second-order valence-corrected chi connectivity index (χ2v) is 4.18. The van der Waals surface area contributed by atoms with Crippen molar-refractivity contribution in [3.05, 3.63) is 0 Å². The molecule has 0 radical (unpaired) electrons. The molecule has 0 spiro atoms. The van der Waals surface area contributed by atoms with Crippen LogP contribution in [0.4, 0.5) is 0 Å². The van der Waals surface area contributed by atoms with Gasteiger partial charge in [0, 0.05) is 6.42 Å².